The van der Waals surface area contributed by atoms with Crippen LogP contribution in [0.25, 0.3) is 6.08 Å². The Labute approximate surface area is 284 Å². The summed E-state index contributed by atoms with van der Waals surface area (Å²) in [6.07, 6.45) is -4.34. The molecular formula is C34H26F7N3O5S. The maximum absolute atomic E-state index is 14.3. The fourth-order valence-electron chi connectivity index (χ4n) is 4.34. The van der Waals surface area contributed by atoms with Crippen molar-refractivity contribution in [3.63, 3.8) is 0 Å². The summed E-state index contributed by atoms with van der Waals surface area (Å²) < 4.78 is 106. The van der Waals surface area contributed by atoms with Crippen LogP contribution in [0, 0.1) is 23.3 Å². The van der Waals surface area contributed by atoms with E-state index in [0.717, 1.165) is 11.8 Å². The Bertz CT molecular complexity index is 1910. The lowest BCUT2D eigenvalue weighted by Crippen LogP contribution is -2.30. The van der Waals surface area contributed by atoms with Crippen molar-refractivity contribution in [1.82, 2.24) is 5.32 Å². The number of rotatable bonds is 11. The average Bonchev–Trinajstić information content (AvgIpc) is 3.09. The standard InChI is InChI=1S/C34H26F7N3O5S/c1-17(31(45)44-30-28(37)26(35)25(34(39,40)41)27(36)29(30)38)50-22-12-9-20(10-13-22)42-33(47)23(43-32(46)18-7-5-4-6-8-18)16-19-15-21(48-2)11-14-24(19)49-3/h4-17H,1-3H3,(H,42,47)(H,43,46)(H,44,45)/b23-16-. The number of hydrogen-bond donors (Lipinski definition) is 3. The third-order valence-corrected chi connectivity index (χ3v) is 7.97. The van der Waals surface area contributed by atoms with E-state index in [1.165, 1.54) is 51.5 Å². The second-order valence-corrected chi connectivity index (χ2v) is 11.6. The number of carbonyl (C=O) groups is 3. The number of hydrogen-bond acceptors (Lipinski definition) is 6. The quantitative estimate of drug-likeness (QED) is 0.0632. The Hall–Kier alpha value is -5.51. The number of anilines is 2. The van der Waals surface area contributed by atoms with Gasteiger partial charge in [0.2, 0.25) is 5.91 Å². The van der Waals surface area contributed by atoms with Crippen LogP contribution in [0.4, 0.5) is 42.1 Å². The molecule has 0 aromatic heterocycles. The van der Waals surface area contributed by atoms with E-state index in [1.54, 1.807) is 53.8 Å². The Balaban J connectivity index is 1.50. The fraction of sp³-hybridized carbons (Fsp3) is 0.147. The summed E-state index contributed by atoms with van der Waals surface area (Å²) >= 11 is 0.816. The zero-order valence-corrected chi connectivity index (χ0v) is 27.0. The van der Waals surface area contributed by atoms with Gasteiger partial charge in [-0.25, -0.2) is 17.6 Å². The topological polar surface area (TPSA) is 106 Å². The average molecular weight is 722 g/mol. The van der Waals surface area contributed by atoms with Crippen molar-refractivity contribution in [3.05, 3.63) is 118 Å². The number of amides is 3. The summed E-state index contributed by atoms with van der Waals surface area (Å²) in [5.74, 6) is -11.9. The number of methoxy groups -OCH3 is 2. The number of carbonyl (C=O) groups excluding carboxylic acids is 3. The van der Waals surface area contributed by atoms with E-state index in [2.05, 4.69) is 10.6 Å². The van der Waals surface area contributed by atoms with E-state index >= 15 is 0 Å². The molecule has 0 bridgehead atoms. The first-order valence-corrected chi connectivity index (χ1v) is 15.1. The van der Waals surface area contributed by atoms with Gasteiger partial charge in [0.05, 0.1) is 19.5 Å². The van der Waals surface area contributed by atoms with Gasteiger partial charge in [-0.15, -0.1) is 11.8 Å². The van der Waals surface area contributed by atoms with E-state index in [1.807, 2.05) is 0 Å². The number of benzene rings is 4. The molecule has 4 rings (SSSR count). The van der Waals surface area contributed by atoms with Gasteiger partial charge >= 0.3 is 6.18 Å². The lowest BCUT2D eigenvalue weighted by atomic mass is 10.1. The van der Waals surface area contributed by atoms with Crippen molar-refractivity contribution < 1.29 is 54.6 Å². The SMILES string of the molecule is COc1ccc(OC)c(/C=C(\NC(=O)c2ccccc2)C(=O)Nc2ccc(SC(C)C(=O)Nc3c(F)c(F)c(C(F)(F)F)c(F)c3F)cc2)c1. The number of ether oxygens (including phenoxy) is 2. The van der Waals surface area contributed by atoms with Gasteiger partial charge in [0.15, 0.2) is 23.3 Å². The molecule has 3 amide bonds. The maximum atomic E-state index is 14.3. The summed E-state index contributed by atoms with van der Waals surface area (Å²) in [4.78, 5) is 39.4. The highest BCUT2D eigenvalue weighted by atomic mass is 32.2. The summed E-state index contributed by atoms with van der Waals surface area (Å²) in [7, 11) is 2.88. The second-order valence-electron chi connectivity index (χ2n) is 10.2. The monoisotopic (exact) mass is 721 g/mol. The Morgan fingerprint density at radius 1 is 0.800 bits per heavy atom. The maximum Gasteiger partial charge on any atom is 0.422 e. The minimum Gasteiger partial charge on any atom is -0.497 e. The summed E-state index contributed by atoms with van der Waals surface area (Å²) in [5.41, 5.74) is -3.70. The molecule has 0 aliphatic rings. The highest BCUT2D eigenvalue weighted by molar-refractivity contribution is 8.00. The molecule has 0 aliphatic carbocycles. The largest absolute Gasteiger partial charge is 0.497 e. The number of nitrogens with one attached hydrogen (secondary N) is 3. The van der Waals surface area contributed by atoms with Crippen LogP contribution in [0.2, 0.25) is 0 Å². The zero-order chi connectivity index (χ0) is 36.7. The normalized spacial score (nSPS) is 12.2. The number of thioether (sulfide) groups is 1. The van der Waals surface area contributed by atoms with Crippen molar-refractivity contribution in [2.24, 2.45) is 0 Å². The van der Waals surface area contributed by atoms with Crippen LogP contribution >= 0.6 is 11.8 Å². The molecule has 0 heterocycles. The van der Waals surface area contributed by atoms with Gasteiger partial charge in [-0.3, -0.25) is 14.4 Å². The summed E-state index contributed by atoms with van der Waals surface area (Å²) in [6, 6.07) is 18.8. The molecule has 1 unspecified atom stereocenters. The first-order chi connectivity index (χ1) is 23.6. The van der Waals surface area contributed by atoms with Crippen LogP contribution in [0.3, 0.4) is 0 Å². The van der Waals surface area contributed by atoms with Gasteiger partial charge in [0.25, 0.3) is 11.8 Å². The van der Waals surface area contributed by atoms with Gasteiger partial charge in [-0.05, 0) is 67.6 Å². The van der Waals surface area contributed by atoms with Gasteiger partial charge in [-0.2, -0.15) is 13.2 Å². The third-order valence-electron chi connectivity index (χ3n) is 6.85. The van der Waals surface area contributed by atoms with Crippen LogP contribution in [-0.4, -0.2) is 37.2 Å². The van der Waals surface area contributed by atoms with Crippen LogP contribution < -0.4 is 25.4 Å². The highest BCUT2D eigenvalue weighted by Crippen LogP contribution is 2.39. The van der Waals surface area contributed by atoms with E-state index in [-0.39, 0.29) is 16.9 Å². The second kappa shape index (κ2) is 15.8. The predicted molar refractivity (Wildman–Crippen MR) is 172 cm³/mol. The molecule has 0 aliphatic heterocycles. The van der Waals surface area contributed by atoms with Crippen molar-refractivity contribution in [2.75, 3.05) is 24.9 Å². The fourth-order valence-corrected chi connectivity index (χ4v) is 5.21. The molecule has 0 radical (unpaired) electrons. The molecule has 8 nitrogen and oxygen atoms in total. The van der Waals surface area contributed by atoms with Crippen LogP contribution in [0.5, 0.6) is 11.5 Å². The molecule has 16 heteroatoms. The Morgan fingerprint density at radius 2 is 1.42 bits per heavy atom. The van der Waals surface area contributed by atoms with Gasteiger partial charge in [0.1, 0.15) is 28.4 Å². The molecule has 0 fully saturated rings. The van der Waals surface area contributed by atoms with Gasteiger partial charge < -0.3 is 25.4 Å². The minimum atomic E-state index is -5.73. The molecule has 4 aromatic carbocycles. The minimum absolute atomic E-state index is 0.162. The molecule has 262 valence electrons. The molecule has 0 spiro atoms. The summed E-state index contributed by atoms with van der Waals surface area (Å²) in [6.45, 7) is 1.27. The van der Waals surface area contributed by atoms with Crippen molar-refractivity contribution in [3.8, 4) is 11.5 Å². The van der Waals surface area contributed by atoms with Crippen LogP contribution in [-0.2, 0) is 15.8 Å². The van der Waals surface area contributed by atoms with E-state index < -0.39 is 63.7 Å². The number of alkyl halides is 3. The molecule has 0 saturated carbocycles. The highest BCUT2D eigenvalue weighted by Gasteiger charge is 2.42. The predicted octanol–water partition coefficient (Wildman–Crippen LogP) is 7.81. The molecule has 50 heavy (non-hydrogen) atoms. The molecular weight excluding hydrogens is 695 g/mol. The number of halogens is 7. The van der Waals surface area contributed by atoms with Crippen molar-refractivity contribution >= 4 is 46.9 Å². The first-order valence-electron chi connectivity index (χ1n) is 14.3. The lowest BCUT2D eigenvalue weighted by molar-refractivity contribution is -0.143. The van der Waals surface area contributed by atoms with E-state index in [9.17, 15) is 45.1 Å². The molecule has 3 N–H and O–H groups in total. The Kier molecular flexibility index (Phi) is 11.8. The first kappa shape index (κ1) is 37.3. The molecule has 0 saturated heterocycles. The van der Waals surface area contributed by atoms with E-state index in [4.69, 9.17) is 9.47 Å². The lowest BCUT2D eigenvalue weighted by Gasteiger charge is -2.16. The van der Waals surface area contributed by atoms with Crippen LogP contribution in [0.1, 0.15) is 28.4 Å². The summed E-state index contributed by atoms with van der Waals surface area (Å²) in [5, 5.41) is 5.66. The molecule has 1 atom stereocenters. The zero-order valence-electron chi connectivity index (χ0n) is 26.2. The van der Waals surface area contributed by atoms with E-state index in [0.29, 0.717) is 22.0 Å². The van der Waals surface area contributed by atoms with Crippen molar-refractivity contribution in [2.45, 2.75) is 23.2 Å². The van der Waals surface area contributed by atoms with Gasteiger partial charge in [0, 0.05) is 21.7 Å². The smallest absolute Gasteiger partial charge is 0.422 e. The molecule has 4 aromatic rings. The Morgan fingerprint density at radius 3 is 1.98 bits per heavy atom. The third kappa shape index (κ3) is 8.74. The van der Waals surface area contributed by atoms with Crippen LogP contribution in [0.15, 0.2) is 83.4 Å². The van der Waals surface area contributed by atoms with Crippen molar-refractivity contribution in [1.29, 1.82) is 0 Å². The van der Waals surface area contributed by atoms with Gasteiger partial charge in [-0.1, -0.05) is 18.2 Å².